The lowest BCUT2D eigenvalue weighted by Crippen LogP contribution is -2.52. The molecule has 0 aromatic heterocycles. The Kier molecular flexibility index (Phi) is 34.5. The van der Waals surface area contributed by atoms with E-state index in [-0.39, 0.29) is 114 Å². The monoisotopic (exact) mass is 1330 g/mol. The number of carboxylic acids is 1. The SMILES string of the molecule is CC(=O)CN1CCN(CC(C)=O)CCN([C@H](CCC(=O)O)C(=O)OC(C)(C)C)CCN(CC(=O)OC(C)(C)C)CC1.CC(=O)CN1CCN(CC(C)=O)CCN([C@H](CCC(=O)Oc2c(F)c(F)c(F)c(F)c2F)C(=O)OC(C)(C)C)CCN(CC(=O)OC(C)(C)C)CC1. The summed E-state index contributed by atoms with van der Waals surface area (Å²) in [4.78, 5) is 140. The minimum Gasteiger partial charge on any atom is -0.481 e. The van der Waals surface area contributed by atoms with Crippen molar-refractivity contribution in [3.05, 3.63) is 29.1 Å². The van der Waals surface area contributed by atoms with Crippen molar-refractivity contribution in [2.45, 2.75) is 171 Å². The summed E-state index contributed by atoms with van der Waals surface area (Å²) in [6.07, 6.45) is -1.19. The van der Waals surface area contributed by atoms with Crippen molar-refractivity contribution >= 4 is 58.9 Å². The van der Waals surface area contributed by atoms with E-state index >= 15 is 0 Å². The van der Waals surface area contributed by atoms with Gasteiger partial charge in [-0.15, -0.1) is 0 Å². The second-order valence-electron chi connectivity index (χ2n) is 27.7. The zero-order chi connectivity index (χ0) is 70.9. The first kappa shape index (κ1) is 83.1. The Morgan fingerprint density at radius 2 is 0.591 bits per heavy atom. The molecule has 0 bridgehead atoms. The zero-order valence-electron chi connectivity index (χ0n) is 57.6. The minimum absolute atomic E-state index is 0.000123. The number of hydrogen-bond donors (Lipinski definition) is 1. The number of ether oxygens (including phenoxy) is 5. The maximum absolute atomic E-state index is 14.2. The highest BCUT2D eigenvalue weighted by molar-refractivity contribution is 5.80. The van der Waals surface area contributed by atoms with Crippen LogP contribution in [-0.4, -0.2) is 282 Å². The normalized spacial score (nSPS) is 17.7. The van der Waals surface area contributed by atoms with Gasteiger partial charge >= 0.3 is 35.8 Å². The number of hydrogen-bond acceptors (Lipinski definition) is 23. The average Bonchev–Trinajstić information content (AvgIpc) is 0.817. The van der Waals surface area contributed by atoms with Gasteiger partial charge in [-0.3, -0.25) is 87.1 Å². The van der Waals surface area contributed by atoms with Crippen molar-refractivity contribution in [2.24, 2.45) is 0 Å². The number of carbonyl (C=O) groups is 10. The molecule has 0 unspecified atom stereocenters. The van der Waals surface area contributed by atoms with E-state index in [1.54, 1.807) is 92.9 Å². The van der Waals surface area contributed by atoms with Crippen molar-refractivity contribution in [1.82, 2.24) is 39.2 Å². The summed E-state index contributed by atoms with van der Waals surface area (Å²) in [5.41, 5.74) is -3.14. The van der Waals surface area contributed by atoms with Crippen LogP contribution in [0.2, 0.25) is 0 Å². The number of halogens is 5. The molecule has 3 rings (SSSR count). The fourth-order valence-corrected chi connectivity index (χ4v) is 10.0. The molecule has 2 heterocycles. The number of ketones is 4. The molecule has 0 aliphatic carbocycles. The predicted octanol–water partition coefficient (Wildman–Crippen LogP) is 4.82. The highest BCUT2D eigenvalue weighted by atomic mass is 19.2. The Labute approximate surface area is 544 Å². The summed E-state index contributed by atoms with van der Waals surface area (Å²) in [7, 11) is 0. The van der Waals surface area contributed by atoms with Gasteiger partial charge in [-0.2, -0.15) is 8.78 Å². The number of carbonyl (C=O) groups excluding carboxylic acids is 9. The molecule has 2 saturated heterocycles. The summed E-state index contributed by atoms with van der Waals surface area (Å²) in [5.74, 6) is -18.1. The van der Waals surface area contributed by atoms with Gasteiger partial charge in [-0.25, -0.2) is 13.2 Å². The van der Waals surface area contributed by atoms with Crippen LogP contribution in [0.5, 0.6) is 5.75 Å². The average molecular weight is 1340 g/mol. The van der Waals surface area contributed by atoms with Gasteiger partial charge in [0, 0.05) is 118 Å². The van der Waals surface area contributed by atoms with Gasteiger partial charge in [-0.05, 0) is 124 Å². The summed E-state index contributed by atoms with van der Waals surface area (Å²) in [6.45, 7) is 33.1. The number of esters is 5. The van der Waals surface area contributed by atoms with Crippen LogP contribution in [0.4, 0.5) is 22.0 Å². The maximum Gasteiger partial charge on any atom is 0.323 e. The molecule has 0 saturated carbocycles. The van der Waals surface area contributed by atoms with E-state index < -0.39 is 106 Å². The lowest BCUT2D eigenvalue weighted by molar-refractivity contribution is -0.163. The van der Waals surface area contributed by atoms with Crippen LogP contribution in [0.15, 0.2) is 0 Å². The van der Waals surface area contributed by atoms with Crippen molar-refractivity contribution in [2.75, 3.05) is 144 Å². The summed E-state index contributed by atoms with van der Waals surface area (Å²) < 4.78 is 96.5. The molecule has 29 heteroatoms. The summed E-state index contributed by atoms with van der Waals surface area (Å²) in [5, 5.41) is 9.38. The first-order valence-electron chi connectivity index (χ1n) is 31.4. The Balaban J connectivity index is 0.000000652. The van der Waals surface area contributed by atoms with Gasteiger partial charge in [0.1, 0.15) is 57.6 Å². The van der Waals surface area contributed by atoms with Crippen molar-refractivity contribution in [3.8, 4) is 5.75 Å². The molecule has 1 N–H and O–H groups in total. The molecular formula is C64H103F5N8O16. The van der Waals surface area contributed by atoms with Crippen molar-refractivity contribution in [3.63, 3.8) is 0 Å². The molecule has 2 atom stereocenters. The van der Waals surface area contributed by atoms with Crippen LogP contribution in [0.1, 0.15) is 136 Å². The van der Waals surface area contributed by atoms with Gasteiger partial charge in [0.05, 0.1) is 39.3 Å². The molecule has 0 spiro atoms. The highest BCUT2D eigenvalue weighted by Crippen LogP contribution is 2.30. The molecule has 2 fully saturated rings. The number of aliphatic carboxylic acids is 1. The molecule has 0 radical (unpaired) electrons. The van der Waals surface area contributed by atoms with E-state index in [2.05, 4.69) is 4.74 Å². The number of benzene rings is 1. The van der Waals surface area contributed by atoms with E-state index in [0.29, 0.717) is 78.5 Å². The summed E-state index contributed by atoms with van der Waals surface area (Å²) in [6, 6.07) is -2.01. The molecule has 0 amide bonds. The Morgan fingerprint density at radius 3 is 0.839 bits per heavy atom. The highest BCUT2D eigenvalue weighted by Gasteiger charge is 2.36. The van der Waals surface area contributed by atoms with Crippen LogP contribution in [0, 0.1) is 29.1 Å². The van der Waals surface area contributed by atoms with Crippen LogP contribution >= 0.6 is 0 Å². The number of carboxylic acid groups (broad SMARTS) is 1. The van der Waals surface area contributed by atoms with Gasteiger partial charge < -0.3 is 28.8 Å². The Hall–Kier alpha value is -5.95. The largest absolute Gasteiger partial charge is 0.481 e. The van der Waals surface area contributed by atoms with Crippen molar-refractivity contribution in [1.29, 1.82) is 0 Å². The van der Waals surface area contributed by atoms with Crippen molar-refractivity contribution < 1.29 is 98.7 Å². The number of nitrogens with zero attached hydrogens (tertiary/aromatic N) is 8. The molecule has 93 heavy (non-hydrogen) atoms. The third-order valence-electron chi connectivity index (χ3n) is 14.0. The second-order valence-corrected chi connectivity index (χ2v) is 27.7. The third kappa shape index (κ3) is 34.9. The molecular weight excluding hydrogens is 1230 g/mol. The lowest BCUT2D eigenvalue weighted by Gasteiger charge is -2.37. The van der Waals surface area contributed by atoms with E-state index in [1.807, 2.05) is 29.4 Å². The van der Waals surface area contributed by atoms with E-state index in [4.69, 9.17) is 18.9 Å². The lowest BCUT2D eigenvalue weighted by atomic mass is 10.1. The van der Waals surface area contributed by atoms with Gasteiger partial charge in [0.15, 0.2) is 0 Å². The van der Waals surface area contributed by atoms with Crippen LogP contribution < -0.4 is 4.74 Å². The van der Waals surface area contributed by atoms with Crippen LogP contribution in [0.25, 0.3) is 0 Å². The van der Waals surface area contributed by atoms with Crippen LogP contribution in [-0.2, 0) is 66.9 Å². The van der Waals surface area contributed by atoms with E-state index in [9.17, 15) is 75.0 Å². The fourth-order valence-electron chi connectivity index (χ4n) is 10.0. The van der Waals surface area contributed by atoms with Crippen LogP contribution in [0.3, 0.4) is 0 Å². The first-order chi connectivity index (χ1) is 42.8. The molecule has 2 aliphatic rings. The quantitative estimate of drug-likeness (QED) is 0.0384. The maximum atomic E-state index is 14.2. The molecule has 24 nitrogen and oxygen atoms in total. The van der Waals surface area contributed by atoms with Gasteiger partial charge in [-0.1, -0.05) is 0 Å². The Bertz CT molecular complexity index is 2670. The van der Waals surface area contributed by atoms with Gasteiger partial charge in [0.25, 0.3) is 0 Å². The third-order valence-corrected chi connectivity index (χ3v) is 14.0. The minimum atomic E-state index is -2.42. The second kappa shape index (κ2) is 38.6. The first-order valence-corrected chi connectivity index (χ1v) is 31.4. The predicted molar refractivity (Wildman–Crippen MR) is 333 cm³/mol. The molecule has 530 valence electrons. The summed E-state index contributed by atoms with van der Waals surface area (Å²) >= 11 is 0. The molecule has 2 aliphatic heterocycles. The van der Waals surface area contributed by atoms with E-state index in [0.717, 1.165) is 0 Å². The Morgan fingerprint density at radius 1 is 0.355 bits per heavy atom. The topological polar surface area (TPSA) is 263 Å². The van der Waals surface area contributed by atoms with Gasteiger partial charge in [0.2, 0.25) is 34.8 Å². The molecule has 1 aromatic carbocycles. The smallest absolute Gasteiger partial charge is 0.323 e. The fraction of sp³-hybridized carbons (Fsp3) is 0.750. The zero-order valence-corrected chi connectivity index (χ0v) is 57.6. The van der Waals surface area contributed by atoms with E-state index in [1.165, 1.54) is 27.7 Å². The number of rotatable bonds is 23. The standard InChI is InChI=1S/C35H51F5N4O8.C29H52N4O8/c1-22(45)19-41-11-12-42(20-23(2)46)15-17-44(18-16-43(14-13-41)21-26(48)51-34(3,4)5)24(33(49)52-35(6,7)8)9-10-25(47)50-32-30(39)28(37)27(36)29(38)31(32)40;1-22(34)19-30-11-12-31(20-23(2)35)15-17-33(24(9-10-25(36)37)27(39)41-29(6,7)8)18-16-32(14-13-30)21-26(38)40-28(3,4)5/h24H,9-21H2,1-8H3;24H,9-21H2,1-8H3,(H,36,37)/t2*24-/m11/s1. The molecule has 1 aromatic rings. The number of Topliss-reactive ketones (excluding diaryl/α,β-unsaturated/α-hetero) is 4.